The van der Waals surface area contributed by atoms with Gasteiger partial charge < -0.3 is 25.4 Å². The number of rotatable bonds is 13. The van der Waals surface area contributed by atoms with Crippen molar-refractivity contribution in [3.63, 3.8) is 0 Å². The van der Waals surface area contributed by atoms with E-state index in [1.165, 1.54) is 0 Å². The summed E-state index contributed by atoms with van der Waals surface area (Å²) < 4.78 is 3.03. The summed E-state index contributed by atoms with van der Waals surface area (Å²) in [4.78, 5) is 41.7. The molecule has 1 atom stereocenters. The number of carbonyl (C=O) groups excluding carboxylic acids is 1. The zero-order chi connectivity index (χ0) is 38.6. The lowest BCUT2D eigenvalue weighted by molar-refractivity contribution is -0.143. The number of nitrogens with zero attached hydrogens (tertiary/aromatic N) is 6. The normalized spacial score (nSPS) is 17.8. The third-order valence-corrected chi connectivity index (χ3v) is 11.7. The van der Waals surface area contributed by atoms with Gasteiger partial charge in [0.1, 0.15) is 5.52 Å². The van der Waals surface area contributed by atoms with Crippen molar-refractivity contribution in [2.75, 3.05) is 29.4 Å². The molecule has 12 nitrogen and oxygen atoms in total. The maximum Gasteiger partial charge on any atom is 0.308 e. The number of hydrogen-bond donors (Lipinski definition) is 4. The Balaban J connectivity index is 1.03. The van der Waals surface area contributed by atoms with Crippen LogP contribution in [0.3, 0.4) is 0 Å². The lowest BCUT2D eigenvalue weighted by atomic mass is 9.80. The summed E-state index contributed by atoms with van der Waals surface area (Å²) in [6, 6.07) is 17.7. The maximum atomic E-state index is 13.9. The first-order chi connectivity index (χ1) is 26.6. The molecular formula is C42H49ClN8O4. The number of aromatic nitrogens is 4. The molecule has 0 bridgehead atoms. The van der Waals surface area contributed by atoms with Crippen LogP contribution in [-0.2, 0) is 31.4 Å². The van der Waals surface area contributed by atoms with Crippen LogP contribution >= 0.6 is 11.8 Å². The minimum Gasteiger partial charge on any atom is -0.481 e. The van der Waals surface area contributed by atoms with Gasteiger partial charge in [0.05, 0.1) is 23.9 Å². The van der Waals surface area contributed by atoms with E-state index in [0.717, 1.165) is 106 Å². The molecule has 1 aliphatic heterocycles. The number of carboxylic acid groups (broad SMARTS) is 1. The highest BCUT2D eigenvalue weighted by Crippen LogP contribution is 2.35. The van der Waals surface area contributed by atoms with Crippen molar-refractivity contribution in [1.29, 1.82) is 0 Å². The topological polar surface area (TPSA) is 149 Å². The van der Waals surface area contributed by atoms with Gasteiger partial charge in [-0.25, -0.2) is 14.4 Å². The van der Waals surface area contributed by atoms with Crippen LogP contribution in [0.5, 0.6) is 0 Å². The van der Waals surface area contributed by atoms with Crippen molar-refractivity contribution < 1.29 is 19.8 Å². The Kier molecular flexibility index (Phi) is 11.8. The number of aliphatic carboxylic acids is 1. The number of carbonyl (C=O) groups is 2. The van der Waals surface area contributed by atoms with Gasteiger partial charge in [0, 0.05) is 80.1 Å². The van der Waals surface area contributed by atoms with Crippen LogP contribution < -0.4 is 15.1 Å². The number of benzene rings is 2. The molecule has 2 aromatic carbocycles. The van der Waals surface area contributed by atoms with Gasteiger partial charge in [-0.05, 0) is 111 Å². The Labute approximate surface area is 326 Å². The number of aliphatic hydroxyl groups excluding tert-OH is 1. The zero-order valence-corrected chi connectivity index (χ0v) is 32.4. The number of imidazole rings is 1. The molecule has 55 heavy (non-hydrogen) atoms. The van der Waals surface area contributed by atoms with Crippen LogP contribution in [0.2, 0.25) is 0 Å². The van der Waals surface area contributed by atoms with Crippen LogP contribution in [0, 0.1) is 18.8 Å². The van der Waals surface area contributed by atoms with Gasteiger partial charge in [-0.3, -0.25) is 19.5 Å². The van der Waals surface area contributed by atoms with Crippen molar-refractivity contribution in [2.45, 2.75) is 71.5 Å². The number of carboxylic acids is 1. The summed E-state index contributed by atoms with van der Waals surface area (Å²) in [7, 11) is 1.88. The standard InChI is InChI=1S/C42H49ClN8O4/c1-26(25-52)45-22-29-20-32-14-17-44-39(38(32)46-23-29)47-35-9-5-8-34(27(35)2)31-6-4-7-33(21-31)51(43)41(53)40-48-36-24-50(19-16-37(36)49(40)3)18-15-28-10-12-30(13-11-28)42(54)55/h4-9,14,17,20-21,23,26,28,30,45,52H,10-13,15-16,18-19,22,24-25H2,1-3H3,(H,44,47)(H,54,55). The average molecular weight is 765 g/mol. The summed E-state index contributed by atoms with van der Waals surface area (Å²) in [5.74, 6) is 0.269. The minimum absolute atomic E-state index is 0.00497. The molecule has 4 heterocycles. The van der Waals surface area contributed by atoms with Gasteiger partial charge in [0.25, 0.3) is 0 Å². The monoisotopic (exact) mass is 764 g/mol. The van der Waals surface area contributed by atoms with Crippen LogP contribution in [0.25, 0.3) is 22.0 Å². The quantitative estimate of drug-likeness (QED) is 0.0925. The van der Waals surface area contributed by atoms with E-state index < -0.39 is 5.97 Å². The molecule has 1 fully saturated rings. The number of nitrogens with one attached hydrogen (secondary N) is 2. The number of aliphatic hydroxyl groups is 1. The molecule has 5 aromatic rings. The molecule has 0 radical (unpaired) electrons. The SMILES string of the molecule is Cc1c(Nc2nccc3cc(CNC(C)CO)cnc23)cccc1-c1cccc(N(Cl)C(=O)c2nc3c(n2C)CCN(CCC2CCC(C(=O)O)CC2)C3)c1. The summed E-state index contributed by atoms with van der Waals surface area (Å²) in [5, 5.41) is 26.4. The zero-order valence-electron chi connectivity index (χ0n) is 31.6. The molecule has 2 aliphatic rings. The molecule has 3 aromatic heterocycles. The van der Waals surface area contributed by atoms with Crippen molar-refractivity contribution in [3.8, 4) is 11.1 Å². The Morgan fingerprint density at radius 2 is 1.87 bits per heavy atom. The maximum absolute atomic E-state index is 13.9. The summed E-state index contributed by atoms with van der Waals surface area (Å²) >= 11 is 6.81. The smallest absolute Gasteiger partial charge is 0.308 e. The molecule has 4 N–H and O–H groups in total. The molecule has 288 valence electrons. The largest absolute Gasteiger partial charge is 0.481 e. The average Bonchev–Trinajstić information content (AvgIpc) is 3.54. The van der Waals surface area contributed by atoms with Crippen LogP contribution in [0.4, 0.5) is 17.2 Å². The van der Waals surface area contributed by atoms with Crippen molar-refractivity contribution in [3.05, 3.63) is 95.3 Å². The second kappa shape index (κ2) is 16.9. The lowest BCUT2D eigenvalue weighted by Gasteiger charge is -2.30. The minimum atomic E-state index is -0.664. The third kappa shape index (κ3) is 8.52. The highest BCUT2D eigenvalue weighted by Gasteiger charge is 2.30. The Morgan fingerprint density at radius 3 is 2.65 bits per heavy atom. The van der Waals surface area contributed by atoms with Gasteiger partial charge >= 0.3 is 11.9 Å². The van der Waals surface area contributed by atoms with E-state index in [0.29, 0.717) is 36.3 Å². The summed E-state index contributed by atoms with van der Waals surface area (Å²) in [5.41, 5.74) is 8.04. The van der Waals surface area contributed by atoms with Gasteiger partial charge in [-0.1, -0.05) is 24.3 Å². The molecular weight excluding hydrogens is 716 g/mol. The van der Waals surface area contributed by atoms with Crippen LogP contribution in [-0.4, -0.2) is 72.2 Å². The molecule has 7 rings (SSSR count). The predicted octanol–water partition coefficient (Wildman–Crippen LogP) is 6.99. The Morgan fingerprint density at radius 1 is 1.07 bits per heavy atom. The van der Waals surface area contributed by atoms with E-state index in [2.05, 4.69) is 26.6 Å². The Hall–Kier alpha value is -4.88. The predicted molar refractivity (Wildman–Crippen MR) is 215 cm³/mol. The van der Waals surface area contributed by atoms with E-state index in [4.69, 9.17) is 21.7 Å². The second-order valence-electron chi connectivity index (χ2n) is 15.0. The van der Waals surface area contributed by atoms with E-state index in [1.807, 2.05) is 80.2 Å². The first kappa shape index (κ1) is 38.4. The molecule has 1 aliphatic carbocycles. The summed E-state index contributed by atoms with van der Waals surface area (Å²) in [6.07, 6.45) is 8.93. The third-order valence-electron chi connectivity index (χ3n) is 11.3. The molecule has 1 amide bonds. The number of pyridine rings is 2. The lowest BCUT2D eigenvalue weighted by Crippen LogP contribution is -2.33. The number of fused-ring (bicyclic) bond motifs is 2. The van der Waals surface area contributed by atoms with Gasteiger partial charge in [-0.15, -0.1) is 0 Å². The second-order valence-corrected chi connectivity index (χ2v) is 15.4. The fraction of sp³-hybridized carbons (Fsp3) is 0.405. The molecule has 1 unspecified atom stereocenters. The van der Waals surface area contributed by atoms with E-state index in [9.17, 15) is 19.8 Å². The van der Waals surface area contributed by atoms with E-state index in [1.54, 1.807) is 6.20 Å². The fourth-order valence-electron chi connectivity index (χ4n) is 7.89. The van der Waals surface area contributed by atoms with E-state index in [-0.39, 0.29) is 24.5 Å². The number of halogens is 1. The molecule has 0 spiro atoms. The highest BCUT2D eigenvalue weighted by atomic mass is 35.5. The van der Waals surface area contributed by atoms with Crippen LogP contribution in [0.1, 0.15) is 72.2 Å². The molecule has 13 heteroatoms. The van der Waals surface area contributed by atoms with Gasteiger partial charge in [0.15, 0.2) is 5.82 Å². The van der Waals surface area contributed by atoms with Crippen molar-refractivity contribution in [2.24, 2.45) is 18.9 Å². The van der Waals surface area contributed by atoms with E-state index >= 15 is 0 Å². The molecule has 1 saturated carbocycles. The van der Waals surface area contributed by atoms with Gasteiger partial charge in [-0.2, -0.15) is 0 Å². The fourth-order valence-corrected chi connectivity index (χ4v) is 8.07. The highest BCUT2D eigenvalue weighted by molar-refractivity contribution is 6.38. The first-order valence-corrected chi connectivity index (χ1v) is 19.5. The van der Waals surface area contributed by atoms with Crippen molar-refractivity contribution >= 4 is 51.7 Å². The molecule has 0 saturated heterocycles. The first-order valence-electron chi connectivity index (χ1n) is 19.1. The van der Waals surface area contributed by atoms with Crippen LogP contribution in [0.15, 0.2) is 67.0 Å². The van der Waals surface area contributed by atoms with Gasteiger partial charge in [0.2, 0.25) is 5.82 Å². The van der Waals surface area contributed by atoms with Crippen molar-refractivity contribution in [1.82, 2.24) is 29.7 Å². The summed E-state index contributed by atoms with van der Waals surface area (Å²) in [6.45, 7) is 7.15. The number of amides is 1. The Bertz CT molecular complexity index is 2180. The number of hydrogen-bond acceptors (Lipinski definition) is 9. The number of anilines is 3.